The molecule has 0 atom stereocenters. The number of hydrogen-bond acceptors (Lipinski definition) is 7. The molecule has 0 amide bonds. The molecular weight excluding hydrogens is 304 g/mol. The van der Waals surface area contributed by atoms with Crippen molar-refractivity contribution in [3.05, 3.63) is 29.8 Å². The summed E-state index contributed by atoms with van der Waals surface area (Å²) < 4.78 is 6.61. The number of ether oxygens (including phenoxy) is 1. The van der Waals surface area contributed by atoms with Gasteiger partial charge in [0.25, 0.3) is 0 Å². The van der Waals surface area contributed by atoms with E-state index in [4.69, 9.17) is 10.00 Å². The highest BCUT2D eigenvalue weighted by Gasteiger charge is 2.05. The lowest BCUT2D eigenvalue weighted by molar-refractivity contribution is 0.318. The van der Waals surface area contributed by atoms with E-state index in [2.05, 4.69) is 16.3 Å². The molecule has 0 N–H and O–H groups in total. The highest BCUT2D eigenvalue weighted by Crippen LogP contribution is 2.27. The van der Waals surface area contributed by atoms with E-state index in [1.165, 1.54) is 0 Å². The van der Waals surface area contributed by atoms with Crippen molar-refractivity contribution in [3.63, 3.8) is 0 Å². The van der Waals surface area contributed by atoms with Gasteiger partial charge < -0.3 is 9.64 Å². The third-order valence-electron chi connectivity index (χ3n) is 2.54. The van der Waals surface area contributed by atoms with E-state index in [-0.39, 0.29) is 0 Å². The van der Waals surface area contributed by atoms with Crippen LogP contribution in [0, 0.1) is 11.3 Å². The predicted molar refractivity (Wildman–Crippen MR) is 86.2 cm³/mol. The first kappa shape index (κ1) is 15.6. The Morgan fingerprint density at radius 3 is 2.67 bits per heavy atom. The molecule has 110 valence electrons. The summed E-state index contributed by atoms with van der Waals surface area (Å²) in [5.41, 5.74) is 0.644. The Morgan fingerprint density at radius 1 is 1.29 bits per heavy atom. The third kappa shape index (κ3) is 4.92. The van der Waals surface area contributed by atoms with Gasteiger partial charge in [0, 0.05) is 19.8 Å². The molecule has 1 aromatic carbocycles. The number of benzene rings is 1. The van der Waals surface area contributed by atoms with Crippen molar-refractivity contribution in [2.75, 3.05) is 31.4 Å². The number of thioether (sulfide) groups is 1. The lowest BCUT2D eigenvalue weighted by atomic mass is 10.2. The Labute approximate surface area is 132 Å². The lowest BCUT2D eigenvalue weighted by Crippen LogP contribution is -2.07. The van der Waals surface area contributed by atoms with Gasteiger partial charge in [-0.15, -0.1) is 10.2 Å². The molecule has 1 heterocycles. The van der Waals surface area contributed by atoms with Crippen LogP contribution < -0.4 is 9.64 Å². The average Bonchev–Trinajstić information content (AvgIpc) is 2.97. The van der Waals surface area contributed by atoms with Crippen LogP contribution >= 0.6 is 23.1 Å². The van der Waals surface area contributed by atoms with Gasteiger partial charge in [0.2, 0.25) is 5.13 Å². The first-order valence-electron chi connectivity index (χ1n) is 6.45. The van der Waals surface area contributed by atoms with Gasteiger partial charge in [-0.05, 0) is 30.7 Å². The predicted octanol–water partition coefficient (Wildman–Crippen LogP) is 3.04. The molecule has 0 aliphatic rings. The van der Waals surface area contributed by atoms with E-state index < -0.39 is 0 Å². The molecule has 2 rings (SSSR count). The summed E-state index contributed by atoms with van der Waals surface area (Å²) in [5.74, 6) is 1.74. The molecule has 7 heteroatoms. The molecular formula is C14H16N4OS2. The fourth-order valence-electron chi connectivity index (χ4n) is 1.48. The van der Waals surface area contributed by atoms with Crippen molar-refractivity contribution < 1.29 is 4.74 Å². The molecule has 0 radical (unpaired) electrons. The second-order valence-corrected chi connectivity index (χ2v) is 6.73. The van der Waals surface area contributed by atoms with Gasteiger partial charge in [-0.25, -0.2) is 0 Å². The maximum atomic E-state index is 8.71. The Hall–Kier alpha value is -1.78. The maximum absolute atomic E-state index is 8.71. The second kappa shape index (κ2) is 7.86. The van der Waals surface area contributed by atoms with Gasteiger partial charge in [0.05, 0.1) is 18.2 Å². The summed E-state index contributed by atoms with van der Waals surface area (Å²) in [6.45, 7) is 0.651. The molecule has 0 spiro atoms. The molecule has 0 saturated heterocycles. The van der Waals surface area contributed by atoms with Crippen molar-refractivity contribution in [1.29, 1.82) is 5.26 Å². The number of aromatic nitrogens is 2. The monoisotopic (exact) mass is 320 g/mol. The molecule has 0 aliphatic heterocycles. The molecule has 0 unspecified atom stereocenters. The normalized spacial score (nSPS) is 10.1. The Morgan fingerprint density at radius 2 is 2.05 bits per heavy atom. The van der Waals surface area contributed by atoms with Crippen LogP contribution in [0.25, 0.3) is 0 Å². The van der Waals surface area contributed by atoms with Crippen LogP contribution in [0.15, 0.2) is 28.6 Å². The van der Waals surface area contributed by atoms with Gasteiger partial charge in [-0.1, -0.05) is 23.1 Å². The summed E-state index contributed by atoms with van der Waals surface area (Å²) in [6.07, 6.45) is 0.932. The van der Waals surface area contributed by atoms with Gasteiger partial charge >= 0.3 is 0 Å². The van der Waals surface area contributed by atoms with Gasteiger partial charge in [0.15, 0.2) is 4.34 Å². The molecule has 1 aromatic heterocycles. The van der Waals surface area contributed by atoms with Crippen LogP contribution in [0.3, 0.4) is 0 Å². The Bertz CT molecular complexity index is 604. The van der Waals surface area contributed by atoms with Crippen LogP contribution in [0.5, 0.6) is 5.75 Å². The number of hydrogen-bond donors (Lipinski definition) is 0. The van der Waals surface area contributed by atoms with Crippen LogP contribution in [0.1, 0.15) is 12.0 Å². The quantitative estimate of drug-likeness (QED) is 0.577. The molecule has 21 heavy (non-hydrogen) atoms. The highest BCUT2D eigenvalue weighted by atomic mass is 32.2. The molecule has 5 nitrogen and oxygen atoms in total. The topological polar surface area (TPSA) is 62.0 Å². The van der Waals surface area contributed by atoms with Gasteiger partial charge in [-0.3, -0.25) is 0 Å². The third-order valence-corrected chi connectivity index (χ3v) is 4.86. The first-order valence-corrected chi connectivity index (χ1v) is 8.26. The first-order chi connectivity index (χ1) is 10.2. The summed E-state index contributed by atoms with van der Waals surface area (Å²) in [5, 5.41) is 17.9. The van der Waals surface area contributed by atoms with Crippen LogP contribution in [-0.2, 0) is 0 Å². The Kier molecular flexibility index (Phi) is 5.84. The number of anilines is 1. The smallest absolute Gasteiger partial charge is 0.208 e. The van der Waals surface area contributed by atoms with Crippen molar-refractivity contribution in [3.8, 4) is 11.8 Å². The molecule has 0 saturated carbocycles. The minimum Gasteiger partial charge on any atom is -0.494 e. The summed E-state index contributed by atoms with van der Waals surface area (Å²) in [4.78, 5) is 1.95. The lowest BCUT2D eigenvalue weighted by Gasteiger charge is -2.05. The second-order valence-electron chi connectivity index (χ2n) is 4.43. The maximum Gasteiger partial charge on any atom is 0.208 e. The van der Waals surface area contributed by atoms with Gasteiger partial charge in [-0.2, -0.15) is 5.26 Å². The molecule has 2 aromatic rings. The van der Waals surface area contributed by atoms with E-state index in [0.29, 0.717) is 12.2 Å². The fraction of sp³-hybridized carbons (Fsp3) is 0.357. The largest absolute Gasteiger partial charge is 0.494 e. The molecule has 0 bridgehead atoms. The molecule has 0 aliphatic carbocycles. The van der Waals surface area contributed by atoms with Gasteiger partial charge in [0.1, 0.15) is 5.75 Å². The number of nitrogens with zero attached hydrogens (tertiary/aromatic N) is 4. The van der Waals surface area contributed by atoms with Crippen molar-refractivity contribution in [2.24, 2.45) is 0 Å². The zero-order chi connectivity index (χ0) is 15.1. The van der Waals surface area contributed by atoms with E-state index in [9.17, 15) is 0 Å². The van der Waals surface area contributed by atoms with Crippen LogP contribution in [0.2, 0.25) is 0 Å². The van der Waals surface area contributed by atoms with Crippen molar-refractivity contribution in [1.82, 2.24) is 10.2 Å². The van der Waals surface area contributed by atoms with Crippen LogP contribution in [-0.4, -0.2) is 36.7 Å². The van der Waals surface area contributed by atoms with E-state index in [1.54, 1.807) is 35.2 Å². The summed E-state index contributed by atoms with van der Waals surface area (Å²) in [7, 11) is 3.92. The SMILES string of the molecule is CN(C)c1nnc(SCCCOc2ccc(C#N)cc2)s1. The number of rotatable bonds is 7. The van der Waals surface area contributed by atoms with E-state index in [1.807, 2.05) is 31.1 Å². The van der Waals surface area contributed by atoms with Crippen molar-refractivity contribution >= 4 is 28.2 Å². The summed E-state index contributed by atoms with van der Waals surface area (Å²) in [6, 6.07) is 9.24. The Balaban J connectivity index is 1.66. The average molecular weight is 320 g/mol. The minimum absolute atomic E-state index is 0.644. The van der Waals surface area contributed by atoms with Crippen LogP contribution in [0.4, 0.5) is 5.13 Å². The minimum atomic E-state index is 0.644. The summed E-state index contributed by atoms with van der Waals surface area (Å²) >= 11 is 3.29. The molecule has 0 fully saturated rings. The fourth-order valence-corrected chi connectivity index (χ4v) is 3.22. The highest BCUT2D eigenvalue weighted by molar-refractivity contribution is 8.01. The van der Waals surface area contributed by atoms with E-state index >= 15 is 0 Å². The van der Waals surface area contributed by atoms with E-state index in [0.717, 1.165) is 27.4 Å². The zero-order valence-electron chi connectivity index (χ0n) is 11.9. The number of nitriles is 1. The van der Waals surface area contributed by atoms with Crippen molar-refractivity contribution in [2.45, 2.75) is 10.8 Å². The zero-order valence-corrected chi connectivity index (χ0v) is 13.6. The standard InChI is InChI=1S/C14H16N4OS2/c1-18(2)13-16-17-14(21-13)20-9-3-8-19-12-6-4-11(10-15)5-7-12/h4-7H,3,8-9H2,1-2H3.